The van der Waals surface area contributed by atoms with Crippen LogP contribution >= 0.6 is 11.3 Å². The van der Waals surface area contributed by atoms with Crippen LogP contribution in [0.4, 0.5) is 0 Å². The number of nitrogens with zero attached hydrogens (tertiary/aromatic N) is 1. The summed E-state index contributed by atoms with van der Waals surface area (Å²) in [5.41, 5.74) is 0.665. The average molecular weight is 303 g/mol. The van der Waals surface area contributed by atoms with Crippen molar-refractivity contribution in [3.8, 4) is 0 Å². The first-order valence-corrected chi connectivity index (χ1v) is 7.34. The zero-order valence-corrected chi connectivity index (χ0v) is 13.0. The highest BCUT2D eigenvalue weighted by atomic mass is 32.1. The number of aryl methyl sites for hydroxylation is 1. The van der Waals surface area contributed by atoms with Crippen LogP contribution < -0.4 is 0 Å². The second-order valence-electron chi connectivity index (χ2n) is 4.84. The molecule has 0 spiro atoms. The van der Waals surface area contributed by atoms with E-state index in [0.29, 0.717) is 10.4 Å². The van der Waals surface area contributed by atoms with E-state index in [1.807, 2.05) is 31.2 Å². The SMILES string of the molecule is Cc1ccc(C(=O)O[C@@H](C(=O)N(C)C)c2ccccc2)s1. The fourth-order valence-corrected chi connectivity index (χ4v) is 2.58. The Morgan fingerprint density at radius 3 is 2.29 bits per heavy atom. The summed E-state index contributed by atoms with van der Waals surface area (Å²) >= 11 is 1.35. The highest BCUT2D eigenvalue weighted by Crippen LogP contribution is 2.23. The zero-order valence-electron chi connectivity index (χ0n) is 12.2. The van der Waals surface area contributed by atoms with Crippen LogP contribution in [0, 0.1) is 6.92 Å². The summed E-state index contributed by atoms with van der Waals surface area (Å²) in [6, 6.07) is 12.6. The maximum Gasteiger partial charge on any atom is 0.349 e. The predicted molar refractivity (Wildman–Crippen MR) is 82.3 cm³/mol. The van der Waals surface area contributed by atoms with Crippen molar-refractivity contribution < 1.29 is 14.3 Å². The number of hydrogen-bond donors (Lipinski definition) is 0. The molecule has 1 atom stereocenters. The van der Waals surface area contributed by atoms with Gasteiger partial charge in [0.25, 0.3) is 5.91 Å². The van der Waals surface area contributed by atoms with Gasteiger partial charge in [0.05, 0.1) is 0 Å². The van der Waals surface area contributed by atoms with Crippen LogP contribution in [0.3, 0.4) is 0 Å². The lowest BCUT2D eigenvalue weighted by molar-refractivity contribution is -0.138. The van der Waals surface area contributed by atoms with Crippen molar-refractivity contribution in [2.75, 3.05) is 14.1 Å². The Kier molecular flexibility index (Phi) is 4.75. The number of benzene rings is 1. The third kappa shape index (κ3) is 3.70. The molecule has 0 aliphatic heterocycles. The van der Waals surface area contributed by atoms with E-state index in [2.05, 4.69) is 0 Å². The second-order valence-corrected chi connectivity index (χ2v) is 6.13. The molecular weight excluding hydrogens is 286 g/mol. The minimum Gasteiger partial charge on any atom is -0.443 e. The Morgan fingerprint density at radius 1 is 1.10 bits per heavy atom. The van der Waals surface area contributed by atoms with E-state index in [1.165, 1.54) is 16.2 Å². The van der Waals surface area contributed by atoms with Gasteiger partial charge in [-0.3, -0.25) is 4.79 Å². The van der Waals surface area contributed by atoms with E-state index in [9.17, 15) is 9.59 Å². The number of carbonyl (C=O) groups excluding carboxylic acids is 2. The minimum absolute atomic E-state index is 0.261. The number of carbonyl (C=O) groups is 2. The van der Waals surface area contributed by atoms with Crippen molar-refractivity contribution >= 4 is 23.2 Å². The second kappa shape index (κ2) is 6.54. The van der Waals surface area contributed by atoms with Crippen LogP contribution in [0.5, 0.6) is 0 Å². The fourth-order valence-electron chi connectivity index (χ4n) is 1.83. The van der Waals surface area contributed by atoms with E-state index in [0.717, 1.165) is 4.88 Å². The summed E-state index contributed by atoms with van der Waals surface area (Å²) in [5.74, 6) is -0.736. The molecule has 0 aliphatic rings. The summed E-state index contributed by atoms with van der Waals surface area (Å²) < 4.78 is 5.44. The third-order valence-corrected chi connectivity index (χ3v) is 3.91. The highest BCUT2D eigenvalue weighted by molar-refractivity contribution is 7.13. The molecule has 0 saturated heterocycles. The van der Waals surface area contributed by atoms with Crippen molar-refractivity contribution in [1.29, 1.82) is 0 Å². The summed E-state index contributed by atoms with van der Waals surface area (Å²) in [4.78, 5) is 27.4. The van der Waals surface area contributed by atoms with Crippen LogP contribution in [0.15, 0.2) is 42.5 Å². The Bertz CT molecular complexity index is 634. The number of hydrogen-bond acceptors (Lipinski definition) is 4. The van der Waals surface area contributed by atoms with E-state index in [1.54, 1.807) is 32.3 Å². The van der Waals surface area contributed by atoms with E-state index >= 15 is 0 Å². The molecule has 4 nitrogen and oxygen atoms in total. The predicted octanol–water partition coefficient (Wildman–Crippen LogP) is 3.04. The molecule has 21 heavy (non-hydrogen) atoms. The molecule has 0 aliphatic carbocycles. The van der Waals surface area contributed by atoms with Gasteiger partial charge in [-0.05, 0) is 19.1 Å². The van der Waals surface area contributed by atoms with Crippen molar-refractivity contribution in [2.24, 2.45) is 0 Å². The van der Waals surface area contributed by atoms with Gasteiger partial charge in [0.1, 0.15) is 4.88 Å². The molecule has 1 amide bonds. The molecule has 5 heteroatoms. The molecule has 0 N–H and O–H groups in total. The Labute approximate surface area is 128 Å². The normalized spacial score (nSPS) is 11.8. The van der Waals surface area contributed by atoms with Crippen LogP contribution in [0.2, 0.25) is 0 Å². The number of esters is 1. The first-order chi connectivity index (χ1) is 9.99. The molecule has 110 valence electrons. The molecule has 1 heterocycles. The highest BCUT2D eigenvalue weighted by Gasteiger charge is 2.27. The lowest BCUT2D eigenvalue weighted by Gasteiger charge is -2.20. The van der Waals surface area contributed by atoms with Gasteiger partial charge in [0, 0.05) is 24.5 Å². The quantitative estimate of drug-likeness (QED) is 0.816. The minimum atomic E-state index is -0.920. The van der Waals surface area contributed by atoms with E-state index in [-0.39, 0.29) is 5.91 Å². The molecule has 2 aromatic rings. The molecule has 0 unspecified atom stereocenters. The Hall–Kier alpha value is -2.14. The van der Waals surface area contributed by atoms with E-state index in [4.69, 9.17) is 4.74 Å². The topological polar surface area (TPSA) is 46.6 Å². The average Bonchev–Trinajstić information content (AvgIpc) is 2.91. The maximum atomic E-state index is 12.3. The number of likely N-dealkylation sites (N-methyl/N-ethyl adjacent to an activating group) is 1. The number of thiophene rings is 1. The summed E-state index contributed by atoms with van der Waals surface area (Å²) in [6.07, 6.45) is -0.920. The van der Waals surface area contributed by atoms with Gasteiger partial charge in [-0.25, -0.2) is 4.79 Å². The van der Waals surface area contributed by atoms with Crippen molar-refractivity contribution in [3.05, 3.63) is 57.8 Å². The summed E-state index contributed by atoms with van der Waals surface area (Å²) in [7, 11) is 3.28. The van der Waals surface area contributed by atoms with Crippen LogP contribution in [-0.4, -0.2) is 30.9 Å². The standard InChI is InChI=1S/C16H17NO3S/c1-11-9-10-13(21-11)16(19)20-14(15(18)17(2)3)12-7-5-4-6-8-12/h4-10,14H,1-3H3/t14-/m1/s1. The molecule has 0 bridgehead atoms. The first kappa shape index (κ1) is 15.3. The lowest BCUT2D eigenvalue weighted by atomic mass is 10.1. The lowest BCUT2D eigenvalue weighted by Crippen LogP contribution is -2.31. The zero-order chi connectivity index (χ0) is 15.4. The van der Waals surface area contributed by atoms with E-state index < -0.39 is 12.1 Å². The molecule has 1 aromatic carbocycles. The molecule has 0 radical (unpaired) electrons. The summed E-state index contributed by atoms with van der Waals surface area (Å²) in [5, 5.41) is 0. The largest absolute Gasteiger partial charge is 0.443 e. The van der Waals surface area contributed by atoms with Gasteiger partial charge >= 0.3 is 5.97 Å². The van der Waals surface area contributed by atoms with Gasteiger partial charge in [0.15, 0.2) is 0 Å². The van der Waals surface area contributed by atoms with Gasteiger partial charge in [-0.2, -0.15) is 0 Å². The summed E-state index contributed by atoms with van der Waals surface area (Å²) in [6.45, 7) is 1.92. The maximum absolute atomic E-state index is 12.3. The van der Waals surface area contributed by atoms with Crippen molar-refractivity contribution in [1.82, 2.24) is 4.90 Å². The fraction of sp³-hybridized carbons (Fsp3) is 0.250. The van der Waals surface area contributed by atoms with Crippen LogP contribution in [0.1, 0.15) is 26.2 Å². The number of amides is 1. The van der Waals surface area contributed by atoms with Crippen molar-refractivity contribution in [3.63, 3.8) is 0 Å². The third-order valence-electron chi connectivity index (χ3n) is 2.93. The number of ether oxygens (including phenoxy) is 1. The first-order valence-electron chi connectivity index (χ1n) is 6.52. The smallest absolute Gasteiger partial charge is 0.349 e. The van der Waals surface area contributed by atoms with Crippen LogP contribution in [0.25, 0.3) is 0 Å². The number of rotatable bonds is 4. The Morgan fingerprint density at radius 2 is 1.76 bits per heavy atom. The van der Waals surface area contributed by atoms with Gasteiger partial charge in [-0.1, -0.05) is 30.3 Å². The molecule has 1 aromatic heterocycles. The molecular formula is C16H17NO3S. The van der Waals surface area contributed by atoms with Gasteiger partial charge in [-0.15, -0.1) is 11.3 Å². The van der Waals surface area contributed by atoms with Gasteiger partial charge < -0.3 is 9.64 Å². The molecule has 0 fully saturated rings. The monoisotopic (exact) mass is 303 g/mol. The van der Waals surface area contributed by atoms with Crippen molar-refractivity contribution in [2.45, 2.75) is 13.0 Å². The Balaban J connectivity index is 2.24. The van der Waals surface area contributed by atoms with Crippen LogP contribution in [-0.2, 0) is 9.53 Å². The van der Waals surface area contributed by atoms with Gasteiger partial charge in [0.2, 0.25) is 6.10 Å². The molecule has 2 rings (SSSR count). The molecule has 0 saturated carbocycles.